The van der Waals surface area contributed by atoms with E-state index in [1.807, 2.05) is 0 Å². The molecule has 0 aromatic carbocycles. The lowest BCUT2D eigenvalue weighted by Gasteiger charge is -2.16. The van der Waals surface area contributed by atoms with Crippen LogP contribution in [0, 0.1) is 11.3 Å². The Hall–Kier alpha value is -0.240. The topological polar surface area (TPSA) is 61.8 Å². The van der Waals surface area contributed by atoms with Crippen LogP contribution in [0.4, 0.5) is 0 Å². The first-order valence-corrected chi connectivity index (χ1v) is 3.95. The van der Waals surface area contributed by atoms with Gasteiger partial charge in [-0.25, -0.2) is 5.43 Å². The van der Waals surface area contributed by atoms with Crippen molar-refractivity contribution in [3.8, 4) is 6.07 Å². The minimum atomic E-state index is -0.426. The molecule has 0 bridgehead atoms. The van der Waals surface area contributed by atoms with Gasteiger partial charge >= 0.3 is 0 Å². The maximum Gasteiger partial charge on any atom is 0.128 e. The highest BCUT2D eigenvalue weighted by molar-refractivity contribution is 7.99. The van der Waals surface area contributed by atoms with Crippen molar-refractivity contribution >= 4 is 11.8 Å². The van der Waals surface area contributed by atoms with Gasteiger partial charge in [-0.05, 0) is 12.2 Å². The van der Waals surface area contributed by atoms with Crippen LogP contribution >= 0.6 is 11.8 Å². The quantitative estimate of drug-likeness (QED) is 0.396. The van der Waals surface area contributed by atoms with Crippen molar-refractivity contribution in [1.29, 1.82) is 5.26 Å². The highest BCUT2D eigenvalue weighted by Gasteiger charge is 2.32. The molecule has 3 nitrogen and oxygen atoms in total. The summed E-state index contributed by atoms with van der Waals surface area (Å²) < 4.78 is 0. The molecule has 0 aromatic rings. The number of hydrazine groups is 1. The average Bonchev–Trinajstić information content (AvgIpc) is 2.36. The van der Waals surface area contributed by atoms with E-state index in [2.05, 4.69) is 11.5 Å². The summed E-state index contributed by atoms with van der Waals surface area (Å²) in [5.74, 6) is 7.05. The Labute approximate surface area is 58.6 Å². The van der Waals surface area contributed by atoms with Gasteiger partial charge in [0.1, 0.15) is 5.54 Å². The van der Waals surface area contributed by atoms with E-state index in [0.29, 0.717) is 0 Å². The first-order valence-electron chi connectivity index (χ1n) is 2.80. The number of thioether (sulfide) groups is 1. The molecule has 9 heavy (non-hydrogen) atoms. The van der Waals surface area contributed by atoms with Crippen LogP contribution < -0.4 is 11.3 Å². The Morgan fingerprint density at radius 2 is 2.56 bits per heavy atom. The number of nitriles is 1. The van der Waals surface area contributed by atoms with Crippen molar-refractivity contribution in [2.24, 2.45) is 5.84 Å². The lowest BCUT2D eigenvalue weighted by Crippen LogP contribution is -2.48. The first kappa shape index (κ1) is 6.87. The maximum absolute atomic E-state index is 8.61. The van der Waals surface area contributed by atoms with Crippen molar-refractivity contribution in [1.82, 2.24) is 5.43 Å². The highest BCUT2D eigenvalue weighted by atomic mass is 32.2. The summed E-state index contributed by atoms with van der Waals surface area (Å²) in [6.07, 6.45) is 0.866. The molecule has 0 spiro atoms. The fourth-order valence-electron chi connectivity index (χ4n) is 0.799. The standard InChI is InChI=1S/C5H9N3S/c6-3-5(8-7)1-2-9-4-5/h8H,1-2,4,7H2. The van der Waals surface area contributed by atoms with Crippen LogP contribution in [0.3, 0.4) is 0 Å². The van der Waals surface area contributed by atoms with Gasteiger partial charge in [0.15, 0.2) is 0 Å². The number of hydrogen-bond acceptors (Lipinski definition) is 4. The molecule has 1 saturated heterocycles. The Bertz CT molecular complexity index is 134. The van der Waals surface area contributed by atoms with Crippen LogP contribution in [0.1, 0.15) is 6.42 Å². The van der Waals surface area contributed by atoms with E-state index in [0.717, 1.165) is 17.9 Å². The molecule has 0 radical (unpaired) electrons. The Balaban J connectivity index is 2.59. The van der Waals surface area contributed by atoms with E-state index in [-0.39, 0.29) is 0 Å². The van der Waals surface area contributed by atoms with Crippen molar-refractivity contribution in [2.75, 3.05) is 11.5 Å². The van der Waals surface area contributed by atoms with Gasteiger partial charge < -0.3 is 0 Å². The van der Waals surface area contributed by atoms with Crippen LogP contribution in [-0.2, 0) is 0 Å². The highest BCUT2D eigenvalue weighted by Crippen LogP contribution is 2.25. The lowest BCUT2D eigenvalue weighted by molar-refractivity contribution is 0.472. The van der Waals surface area contributed by atoms with Gasteiger partial charge in [-0.3, -0.25) is 5.84 Å². The monoisotopic (exact) mass is 143 g/mol. The number of hydrogen-bond donors (Lipinski definition) is 2. The number of nitrogens with one attached hydrogen (secondary N) is 1. The molecule has 1 aliphatic rings. The minimum Gasteiger partial charge on any atom is -0.270 e. The Kier molecular flexibility index (Phi) is 1.96. The summed E-state index contributed by atoms with van der Waals surface area (Å²) in [5.41, 5.74) is 2.12. The van der Waals surface area contributed by atoms with E-state index < -0.39 is 5.54 Å². The summed E-state index contributed by atoms with van der Waals surface area (Å²) in [6, 6.07) is 2.17. The van der Waals surface area contributed by atoms with E-state index in [9.17, 15) is 0 Å². The van der Waals surface area contributed by atoms with Crippen molar-refractivity contribution in [2.45, 2.75) is 12.0 Å². The molecule has 50 valence electrons. The molecular weight excluding hydrogens is 134 g/mol. The predicted molar refractivity (Wildman–Crippen MR) is 37.6 cm³/mol. The molecule has 3 N–H and O–H groups in total. The third kappa shape index (κ3) is 1.18. The van der Waals surface area contributed by atoms with Gasteiger partial charge in [-0.1, -0.05) is 0 Å². The molecule has 1 unspecified atom stereocenters. The number of rotatable bonds is 1. The largest absolute Gasteiger partial charge is 0.270 e. The minimum absolute atomic E-state index is 0.426. The first-order chi connectivity index (χ1) is 4.33. The average molecular weight is 143 g/mol. The van der Waals surface area contributed by atoms with Gasteiger partial charge in [0.2, 0.25) is 0 Å². The molecule has 1 fully saturated rings. The molecule has 1 rings (SSSR count). The second-order valence-electron chi connectivity index (χ2n) is 2.14. The summed E-state index contributed by atoms with van der Waals surface area (Å²) in [7, 11) is 0. The maximum atomic E-state index is 8.61. The van der Waals surface area contributed by atoms with E-state index >= 15 is 0 Å². The van der Waals surface area contributed by atoms with Crippen LogP contribution in [-0.4, -0.2) is 17.0 Å². The summed E-state index contributed by atoms with van der Waals surface area (Å²) in [5, 5.41) is 8.61. The predicted octanol–water partition coefficient (Wildman–Crippen LogP) is -0.151. The van der Waals surface area contributed by atoms with Gasteiger partial charge in [0, 0.05) is 5.75 Å². The van der Waals surface area contributed by atoms with Crippen molar-refractivity contribution in [3.63, 3.8) is 0 Å². The summed E-state index contributed by atoms with van der Waals surface area (Å²) >= 11 is 1.77. The van der Waals surface area contributed by atoms with Gasteiger partial charge in [-0.2, -0.15) is 17.0 Å². The Morgan fingerprint density at radius 3 is 2.78 bits per heavy atom. The molecular formula is C5H9N3S. The fraction of sp³-hybridized carbons (Fsp3) is 0.800. The molecule has 4 heteroatoms. The normalized spacial score (nSPS) is 34.2. The third-order valence-corrected chi connectivity index (χ3v) is 2.70. The summed E-state index contributed by atoms with van der Waals surface area (Å²) in [6.45, 7) is 0. The number of nitrogens with zero attached hydrogens (tertiary/aromatic N) is 1. The zero-order valence-electron chi connectivity index (χ0n) is 5.05. The van der Waals surface area contributed by atoms with Gasteiger partial charge in [0.25, 0.3) is 0 Å². The molecule has 1 aliphatic heterocycles. The third-order valence-electron chi connectivity index (χ3n) is 1.51. The number of nitrogens with two attached hydrogens (primary N) is 1. The van der Waals surface area contributed by atoms with E-state index in [1.165, 1.54) is 0 Å². The zero-order chi connectivity index (χ0) is 6.74. The second-order valence-corrected chi connectivity index (χ2v) is 3.25. The molecule has 0 aliphatic carbocycles. The second kappa shape index (κ2) is 2.56. The van der Waals surface area contributed by atoms with Crippen LogP contribution in [0.15, 0.2) is 0 Å². The zero-order valence-corrected chi connectivity index (χ0v) is 5.87. The van der Waals surface area contributed by atoms with Gasteiger partial charge in [-0.15, -0.1) is 0 Å². The molecule has 0 aromatic heterocycles. The van der Waals surface area contributed by atoms with Gasteiger partial charge in [0.05, 0.1) is 6.07 Å². The molecule has 0 amide bonds. The van der Waals surface area contributed by atoms with Crippen molar-refractivity contribution < 1.29 is 0 Å². The summed E-state index contributed by atoms with van der Waals surface area (Å²) in [4.78, 5) is 0. The van der Waals surface area contributed by atoms with Crippen LogP contribution in [0.25, 0.3) is 0 Å². The van der Waals surface area contributed by atoms with E-state index in [1.54, 1.807) is 11.8 Å². The van der Waals surface area contributed by atoms with Crippen LogP contribution in [0.5, 0.6) is 0 Å². The SMILES string of the molecule is N#CC1(NN)CCSC1. The van der Waals surface area contributed by atoms with E-state index in [4.69, 9.17) is 11.1 Å². The van der Waals surface area contributed by atoms with Crippen LogP contribution in [0.2, 0.25) is 0 Å². The van der Waals surface area contributed by atoms with Crippen molar-refractivity contribution in [3.05, 3.63) is 0 Å². The molecule has 1 heterocycles. The smallest absolute Gasteiger partial charge is 0.128 e. The fourth-order valence-corrected chi connectivity index (χ4v) is 2.08. The molecule has 0 saturated carbocycles. The Morgan fingerprint density at radius 1 is 1.78 bits per heavy atom. The molecule has 1 atom stereocenters. The lowest BCUT2D eigenvalue weighted by atomic mass is 10.0.